The summed E-state index contributed by atoms with van der Waals surface area (Å²) in [6, 6.07) is 4.29. The first-order valence-corrected chi connectivity index (χ1v) is 7.18. The van der Waals surface area contributed by atoms with Gasteiger partial charge in [0.1, 0.15) is 0 Å². The van der Waals surface area contributed by atoms with Gasteiger partial charge in [-0.15, -0.1) is 0 Å². The maximum absolute atomic E-state index is 4.55. The topological polar surface area (TPSA) is 12.9 Å². The van der Waals surface area contributed by atoms with Gasteiger partial charge in [-0.1, -0.05) is 35.8 Å². The molecule has 1 aromatic heterocycles. The number of halogens is 1. The van der Waals surface area contributed by atoms with E-state index in [1.807, 2.05) is 6.20 Å². The van der Waals surface area contributed by atoms with Crippen LogP contribution < -0.4 is 0 Å². The Morgan fingerprint density at radius 1 is 1.50 bits per heavy atom. The number of hydrogen-bond donors (Lipinski definition) is 0. The number of pyridine rings is 1. The molecule has 0 N–H and O–H groups in total. The van der Waals surface area contributed by atoms with E-state index < -0.39 is 0 Å². The lowest BCUT2D eigenvalue weighted by Crippen LogP contribution is -2.09. The highest BCUT2D eigenvalue weighted by Gasteiger charge is 2.24. The molecule has 0 aliphatic heterocycles. The molecule has 0 saturated carbocycles. The van der Waals surface area contributed by atoms with E-state index in [0.717, 1.165) is 5.92 Å². The molecule has 1 heterocycles. The first-order chi connectivity index (χ1) is 7.68. The van der Waals surface area contributed by atoms with Crippen LogP contribution in [0.25, 0.3) is 0 Å². The normalized spacial score (nSPS) is 21.1. The molecule has 2 atom stereocenters. The first kappa shape index (κ1) is 12.1. The Kier molecular flexibility index (Phi) is 4.01. The molecule has 0 saturated heterocycles. The highest BCUT2D eigenvalue weighted by Crippen LogP contribution is 2.35. The summed E-state index contributed by atoms with van der Waals surface area (Å²) in [6.07, 6.45) is 6.99. The van der Waals surface area contributed by atoms with Crippen LogP contribution in [0.15, 0.2) is 18.3 Å². The van der Waals surface area contributed by atoms with Crippen molar-refractivity contribution in [2.75, 3.05) is 0 Å². The first-order valence-electron chi connectivity index (χ1n) is 6.26. The molecule has 1 aliphatic carbocycles. The molecule has 2 heteroatoms. The van der Waals surface area contributed by atoms with Crippen LogP contribution in [-0.4, -0.2) is 9.81 Å². The van der Waals surface area contributed by atoms with Crippen molar-refractivity contribution in [1.29, 1.82) is 0 Å². The van der Waals surface area contributed by atoms with Crippen LogP contribution >= 0.6 is 15.9 Å². The minimum Gasteiger partial charge on any atom is -0.261 e. The minimum absolute atomic E-state index is 0.653. The van der Waals surface area contributed by atoms with Crippen molar-refractivity contribution in [2.24, 2.45) is 5.92 Å². The number of aryl methyl sites for hydroxylation is 1. The van der Waals surface area contributed by atoms with E-state index in [-0.39, 0.29) is 0 Å². The van der Waals surface area contributed by atoms with Crippen LogP contribution in [0.1, 0.15) is 50.3 Å². The average molecular weight is 282 g/mol. The summed E-state index contributed by atoms with van der Waals surface area (Å²) in [5.74, 6) is 1.43. The summed E-state index contributed by atoms with van der Waals surface area (Å²) in [7, 11) is 0. The predicted octanol–water partition coefficient (Wildman–Crippen LogP) is 4.31. The van der Waals surface area contributed by atoms with Gasteiger partial charge in [0.2, 0.25) is 0 Å². The number of hydrogen-bond acceptors (Lipinski definition) is 1. The van der Waals surface area contributed by atoms with Crippen LogP contribution in [0.4, 0.5) is 0 Å². The second-order valence-corrected chi connectivity index (χ2v) is 6.30. The number of rotatable bonds is 4. The molecule has 1 aromatic rings. The van der Waals surface area contributed by atoms with Gasteiger partial charge in [0.25, 0.3) is 0 Å². The van der Waals surface area contributed by atoms with Crippen molar-refractivity contribution < 1.29 is 0 Å². The van der Waals surface area contributed by atoms with Gasteiger partial charge in [-0.3, -0.25) is 4.98 Å². The van der Waals surface area contributed by atoms with Gasteiger partial charge < -0.3 is 0 Å². The van der Waals surface area contributed by atoms with Crippen molar-refractivity contribution >= 4 is 15.9 Å². The van der Waals surface area contributed by atoms with Gasteiger partial charge in [0.15, 0.2) is 0 Å². The highest BCUT2D eigenvalue weighted by atomic mass is 79.9. The molecule has 2 unspecified atom stereocenters. The Labute approximate surface area is 107 Å². The molecule has 16 heavy (non-hydrogen) atoms. The molecular weight excluding hydrogens is 262 g/mol. The van der Waals surface area contributed by atoms with Crippen molar-refractivity contribution in [1.82, 2.24) is 4.98 Å². The van der Waals surface area contributed by atoms with E-state index in [9.17, 15) is 0 Å². The van der Waals surface area contributed by atoms with Crippen LogP contribution in [0, 0.1) is 5.92 Å². The third-order valence-electron chi connectivity index (χ3n) is 3.59. The lowest BCUT2D eigenvalue weighted by molar-refractivity contribution is 0.512. The molecule has 2 rings (SSSR count). The summed E-state index contributed by atoms with van der Waals surface area (Å²) >= 11 is 3.77. The van der Waals surface area contributed by atoms with Crippen molar-refractivity contribution in [3.8, 4) is 0 Å². The zero-order valence-electron chi connectivity index (χ0n) is 10.1. The van der Waals surface area contributed by atoms with Crippen LogP contribution in [0.3, 0.4) is 0 Å². The molecule has 1 aliphatic rings. The highest BCUT2D eigenvalue weighted by molar-refractivity contribution is 9.09. The molecule has 0 amide bonds. The largest absolute Gasteiger partial charge is 0.261 e. The second kappa shape index (κ2) is 5.31. The standard InChI is InChI=1S/C14H20BrN/c1-10(2)13(15)8-7-12-6-5-11-4-3-9-16-14(11)12/h3-4,9-10,12-13H,5-8H2,1-2H3. The van der Waals surface area contributed by atoms with E-state index >= 15 is 0 Å². The third-order valence-corrected chi connectivity index (χ3v) is 5.10. The van der Waals surface area contributed by atoms with Crippen LogP contribution in [0.5, 0.6) is 0 Å². The smallest absolute Gasteiger partial charge is 0.0466 e. The summed E-state index contributed by atoms with van der Waals surface area (Å²) in [4.78, 5) is 5.20. The zero-order valence-corrected chi connectivity index (χ0v) is 11.7. The van der Waals surface area contributed by atoms with Gasteiger partial charge in [-0.2, -0.15) is 0 Å². The van der Waals surface area contributed by atoms with Gasteiger partial charge in [0.05, 0.1) is 0 Å². The Bertz CT molecular complexity index is 348. The molecule has 0 fully saturated rings. The summed E-state index contributed by atoms with van der Waals surface area (Å²) < 4.78 is 0. The Balaban J connectivity index is 1.93. The monoisotopic (exact) mass is 281 g/mol. The number of aromatic nitrogens is 1. The fourth-order valence-electron chi connectivity index (χ4n) is 2.47. The summed E-state index contributed by atoms with van der Waals surface area (Å²) in [6.45, 7) is 4.56. The molecular formula is C14H20BrN. The Morgan fingerprint density at radius 3 is 3.06 bits per heavy atom. The molecule has 0 radical (unpaired) electrons. The summed E-state index contributed by atoms with van der Waals surface area (Å²) in [5, 5.41) is 0. The van der Waals surface area contributed by atoms with Gasteiger partial charge in [-0.25, -0.2) is 0 Å². The predicted molar refractivity (Wildman–Crippen MR) is 72.1 cm³/mol. The molecule has 1 nitrogen and oxygen atoms in total. The fourth-order valence-corrected chi connectivity index (χ4v) is 2.74. The van der Waals surface area contributed by atoms with E-state index in [1.165, 1.54) is 36.9 Å². The number of nitrogens with zero attached hydrogens (tertiary/aromatic N) is 1. The number of fused-ring (bicyclic) bond motifs is 1. The lowest BCUT2D eigenvalue weighted by atomic mass is 9.96. The van der Waals surface area contributed by atoms with E-state index in [4.69, 9.17) is 0 Å². The van der Waals surface area contributed by atoms with E-state index in [0.29, 0.717) is 10.7 Å². The Morgan fingerprint density at radius 2 is 2.31 bits per heavy atom. The van der Waals surface area contributed by atoms with Crippen molar-refractivity contribution in [3.63, 3.8) is 0 Å². The minimum atomic E-state index is 0.653. The van der Waals surface area contributed by atoms with Crippen molar-refractivity contribution in [2.45, 2.75) is 50.3 Å². The third kappa shape index (κ3) is 2.65. The zero-order chi connectivity index (χ0) is 11.5. The molecule has 88 valence electrons. The number of alkyl halides is 1. The molecule has 0 bridgehead atoms. The lowest BCUT2D eigenvalue weighted by Gasteiger charge is -2.16. The quantitative estimate of drug-likeness (QED) is 0.750. The van der Waals surface area contributed by atoms with Gasteiger partial charge >= 0.3 is 0 Å². The SMILES string of the molecule is CC(C)C(Br)CCC1CCc2cccnc21. The van der Waals surface area contributed by atoms with E-state index in [1.54, 1.807) is 0 Å². The van der Waals surface area contributed by atoms with E-state index in [2.05, 4.69) is 46.9 Å². The fraction of sp³-hybridized carbons (Fsp3) is 0.643. The average Bonchev–Trinajstić information content (AvgIpc) is 2.69. The second-order valence-electron chi connectivity index (χ2n) is 5.12. The van der Waals surface area contributed by atoms with Crippen LogP contribution in [-0.2, 0) is 6.42 Å². The Hall–Kier alpha value is -0.370. The maximum Gasteiger partial charge on any atom is 0.0466 e. The van der Waals surface area contributed by atoms with Crippen LogP contribution in [0.2, 0.25) is 0 Å². The molecule has 0 aromatic carbocycles. The van der Waals surface area contributed by atoms with Gasteiger partial charge in [-0.05, 0) is 43.2 Å². The summed E-state index contributed by atoms with van der Waals surface area (Å²) in [5.41, 5.74) is 2.84. The maximum atomic E-state index is 4.55. The molecule has 0 spiro atoms. The van der Waals surface area contributed by atoms with Crippen molar-refractivity contribution in [3.05, 3.63) is 29.6 Å². The van der Waals surface area contributed by atoms with Gasteiger partial charge in [0, 0.05) is 22.6 Å².